The summed E-state index contributed by atoms with van der Waals surface area (Å²) in [5.74, 6) is 1.19. The Hall–Kier alpha value is -0.560. The maximum atomic E-state index is 10.7. The molecule has 118 valence electrons. The van der Waals surface area contributed by atoms with E-state index in [4.69, 9.17) is 0 Å². The molecule has 1 N–H and O–H groups in total. The second kappa shape index (κ2) is 4.98. The smallest absolute Gasteiger partial charge is 0.0602 e. The van der Waals surface area contributed by atoms with Gasteiger partial charge in [0.05, 0.1) is 6.10 Å². The molecule has 2 fully saturated rings. The van der Waals surface area contributed by atoms with Crippen molar-refractivity contribution >= 4 is 0 Å². The van der Waals surface area contributed by atoms with Crippen LogP contribution in [0.3, 0.4) is 0 Å². The van der Waals surface area contributed by atoms with Crippen LogP contribution in [0.1, 0.15) is 72.6 Å². The van der Waals surface area contributed by atoms with Crippen LogP contribution in [-0.2, 0) is 0 Å². The van der Waals surface area contributed by atoms with Crippen molar-refractivity contribution in [1.29, 1.82) is 0 Å². The van der Waals surface area contributed by atoms with Gasteiger partial charge in [0.1, 0.15) is 0 Å². The van der Waals surface area contributed by atoms with Crippen molar-refractivity contribution in [3.63, 3.8) is 0 Å². The van der Waals surface area contributed by atoms with E-state index in [1.165, 1.54) is 31.3 Å². The quantitative estimate of drug-likeness (QED) is 0.653. The second-order valence-electron chi connectivity index (χ2n) is 8.69. The van der Waals surface area contributed by atoms with Crippen molar-refractivity contribution in [3.05, 3.63) is 23.3 Å². The van der Waals surface area contributed by atoms with Gasteiger partial charge in [0.15, 0.2) is 0 Å². The Morgan fingerprint density at radius 3 is 2.52 bits per heavy atom. The zero-order chi connectivity index (χ0) is 15.4. The summed E-state index contributed by atoms with van der Waals surface area (Å²) >= 11 is 0. The van der Waals surface area contributed by atoms with Crippen LogP contribution in [0.4, 0.5) is 0 Å². The second-order valence-corrected chi connectivity index (χ2v) is 8.69. The minimum absolute atomic E-state index is 0.0533. The standard InChI is InChI=1S/C20H32O/c1-13(2)15-8-10-19(4)12-17-14(3)6-7-18(21)20(17,5)11-9-16(15)19/h13,17-18,21H,3,6-12H2,1-2,4-5H3. The molecule has 0 bridgehead atoms. The summed E-state index contributed by atoms with van der Waals surface area (Å²) < 4.78 is 0. The van der Waals surface area contributed by atoms with Crippen LogP contribution in [-0.4, -0.2) is 11.2 Å². The van der Waals surface area contributed by atoms with E-state index in [1.54, 1.807) is 11.1 Å². The molecule has 3 aliphatic rings. The van der Waals surface area contributed by atoms with Crippen LogP contribution in [0.5, 0.6) is 0 Å². The van der Waals surface area contributed by atoms with Crippen molar-refractivity contribution in [2.45, 2.75) is 78.7 Å². The summed E-state index contributed by atoms with van der Waals surface area (Å²) in [6, 6.07) is 0. The lowest BCUT2D eigenvalue weighted by Crippen LogP contribution is -2.44. The molecule has 0 aromatic rings. The summed E-state index contributed by atoms with van der Waals surface area (Å²) in [5.41, 5.74) is 5.29. The lowest BCUT2D eigenvalue weighted by Gasteiger charge is -2.47. The Morgan fingerprint density at radius 2 is 1.86 bits per heavy atom. The van der Waals surface area contributed by atoms with Gasteiger partial charge in [0.2, 0.25) is 0 Å². The topological polar surface area (TPSA) is 20.2 Å². The van der Waals surface area contributed by atoms with Gasteiger partial charge in [-0.2, -0.15) is 0 Å². The number of aliphatic hydroxyl groups is 1. The number of hydrogen-bond donors (Lipinski definition) is 1. The fourth-order valence-electron chi connectivity index (χ4n) is 5.51. The third-order valence-electron chi connectivity index (χ3n) is 7.12. The van der Waals surface area contributed by atoms with Crippen LogP contribution < -0.4 is 0 Å². The molecule has 3 rings (SSSR count). The van der Waals surface area contributed by atoms with E-state index in [2.05, 4.69) is 34.3 Å². The van der Waals surface area contributed by atoms with Crippen molar-refractivity contribution in [2.24, 2.45) is 22.7 Å². The maximum Gasteiger partial charge on any atom is 0.0602 e. The maximum absolute atomic E-state index is 10.7. The molecule has 0 aliphatic heterocycles. The van der Waals surface area contributed by atoms with Crippen LogP contribution in [0.25, 0.3) is 0 Å². The zero-order valence-electron chi connectivity index (χ0n) is 14.3. The van der Waals surface area contributed by atoms with E-state index in [0.29, 0.717) is 17.3 Å². The number of allylic oxidation sites excluding steroid dienone is 3. The summed E-state index contributed by atoms with van der Waals surface area (Å²) in [5, 5.41) is 10.7. The van der Waals surface area contributed by atoms with E-state index in [0.717, 1.165) is 19.3 Å². The van der Waals surface area contributed by atoms with E-state index >= 15 is 0 Å². The Balaban J connectivity index is 2.02. The summed E-state index contributed by atoms with van der Waals surface area (Å²) in [4.78, 5) is 0. The SMILES string of the molecule is C=C1CCC(O)C2(C)CCC3=C(C(C)C)CCC3(C)CC12. The van der Waals surface area contributed by atoms with Crippen molar-refractivity contribution in [3.8, 4) is 0 Å². The first-order chi connectivity index (χ1) is 9.78. The average Bonchev–Trinajstić information content (AvgIpc) is 2.69. The van der Waals surface area contributed by atoms with Gasteiger partial charge in [-0.25, -0.2) is 0 Å². The van der Waals surface area contributed by atoms with Gasteiger partial charge in [0, 0.05) is 5.41 Å². The normalized spacial score (nSPS) is 43.8. The molecule has 0 heterocycles. The van der Waals surface area contributed by atoms with Crippen LogP contribution in [0.2, 0.25) is 0 Å². The molecule has 0 aromatic carbocycles. The molecule has 1 heteroatoms. The van der Waals surface area contributed by atoms with Crippen molar-refractivity contribution < 1.29 is 5.11 Å². The molecule has 4 atom stereocenters. The third-order valence-corrected chi connectivity index (χ3v) is 7.12. The molecule has 1 nitrogen and oxygen atoms in total. The Kier molecular flexibility index (Phi) is 3.64. The van der Waals surface area contributed by atoms with Gasteiger partial charge in [-0.15, -0.1) is 0 Å². The minimum Gasteiger partial charge on any atom is -0.393 e. The number of fused-ring (bicyclic) bond motifs is 2. The van der Waals surface area contributed by atoms with E-state index in [-0.39, 0.29) is 11.5 Å². The molecule has 0 amide bonds. The van der Waals surface area contributed by atoms with Crippen molar-refractivity contribution in [1.82, 2.24) is 0 Å². The number of hydrogen-bond acceptors (Lipinski definition) is 1. The van der Waals surface area contributed by atoms with Gasteiger partial charge < -0.3 is 5.11 Å². The predicted molar refractivity (Wildman–Crippen MR) is 89.0 cm³/mol. The van der Waals surface area contributed by atoms with E-state index in [1.807, 2.05) is 0 Å². The zero-order valence-corrected chi connectivity index (χ0v) is 14.3. The fraction of sp³-hybridized carbons (Fsp3) is 0.800. The Morgan fingerprint density at radius 1 is 1.14 bits per heavy atom. The number of aliphatic hydroxyl groups excluding tert-OH is 1. The molecule has 0 saturated heterocycles. The van der Waals surface area contributed by atoms with Gasteiger partial charge in [0.25, 0.3) is 0 Å². The summed E-state index contributed by atoms with van der Waals surface area (Å²) in [6.45, 7) is 13.9. The largest absolute Gasteiger partial charge is 0.393 e. The molecule has 3 aliphatic carbocycles. The van der Waals surface area contributed by atoms with Crippen molar-refractivity contribution in [2.75, 3.05) is 0 Å². The van der Waals surface area contributed by atoms with Crippen LogP contribution >= 0.6 is 0 Å². The minimum atomic E-state index is -0.140. The number of rotatable bonds is 1. The molecule has 4 unspecified atom stereocenters. The van der Waals surface area contributed by atoms with Crippen LogP contribution in [0, 0.1) is 22.7 Å². The molecular weight excluding hydrogens is 256 g/mol. The van der Waals surface area contributed by atoms with E-state index in [9.17, 15) is 5.11 Å². The fourth-order valence-corrected chi connectivity index (χ4v) is 5.51. The van der Waals surface area contributed by atoms with Crippen LogP contribution in [0.15, 0.2) is 23.3 Å². The first-order valence-corrected chi connectivity index (χ1v) is 8.86. The highest BCUT2D eigenvalue weighted by atomic mass is 16.3. The molecule has 0 radical (unpaired) electrons. The highest BCUT2D eigenvalue weighted by Crippen LogP contribution is 2.60. The first-order valence-electron chi connectivity index (χ1n) is 8.86. The highest BCUT2D eigenvalue weighted by Gasteiger charge is 2.51. The van der Waals surface area contributed by atoms with Gasteiger partial charge in [-0.1, -0.05) is 51.0 Å². The first kappa shape index (κ1) is 15.3. The van der Waals surface area contributed by atoms with Gasteiger partial charge in [-0.3, -0.25) is 0 Å². The van der Waals surface area contributed by atoms with Gasteiger partial charge >= 0.3 is 0 Å². The molecule has 21 heavy (non-hydrogen) atoms. The monoisotopic (exact) mass is 288 g/mol. The Bertz CT molecular complexity index is 486. The third kappa shape index (κ3) is 2.23. The molecular formula is C20H32O. The molecule has 0 spiro atoms. The van der Waals surface area contributed by atoms with E-state index < -0.39 is 0 Å². The predicted octanol–water partition coefficient (Wildman–Crippen LogP) is 5.26. The molecule has 2 saturated carbocycles. The average molecular weight is 288 g/mol. The summed E-state index contributed by atoms with van der Waals surface area (Å²) in [7, 11) is 0. The highest BCUT2D eigenvalue weighted by molar-refractivity contribution is 5.32. The molecule has 0 aromatic heterocycles. The summed E-state index contributed by atoms with van der Waals surface area (Å²) in [6.07, 6.45) is 7.95. The van der Waals surface area contributed by atoms with Gasteiger partial charge in [-0.05, 0) is 62.2 Å². The Labute approximate surface area is 130 Å². The lowest BCUT2D eigenvalue weighted by molar-refractivity contribution is -0.0291. The lowest BCUT2D eigenvalue weighted by atomic mass is 9.60.